The number of carbonyl (C=O) groups is 1. The lowest BCUT2D eigenvalue weighted by atomic mass is 10.1. The molecule has 0 bridgehead atoms. The molecule has 5 heteroatoms. The minimum Gasteiger partial charge on any atom is -0.330 e. The van der Waals surface area contributed by atoms with Gasteiger partial charge in [0.25, 0.3) is 0 Å². The van der Waals surface area contributed by atoms with Crippen molar-refractivity contribution < 1.29 is 4.79 Å². The Morgan fingerprint density at radius 2 is 2.38 bits per heavy atom. The van der Waals surface area contributed by atoms with Crippen LogP contribution in [0.15, 0.2) is 5.38 Å². The fraction of sp³-hybridized carbons (Fsp3) is 0.636. The molecule has 0 radical (unpaired) electrons. The fourth-order valence-electron chi connectivity index (χ4n) is 2.09. The first kappa shape index (κ1) is 10.2. The van der Waals surface area contributed by atoms with E-state index >= 15 is 0 Å². The van der Waals surface area contributed by atoms with Crippen LogP contribution in [-0.4, -0.2) is 24.0 Å². The van der Waals surface area contributed by atoms with E-state index in [-0.39, 0.29) is 5.91 Å². The van der Waals surface area contributed by atoms with Crippen molar-refractivity contribution in [3.63, 3.8) is 0 Å². The van der Waals surface area contributed by atoms with Crippen molar-refractivity contribution in [1.29, 1.82) is 0 Å². The molecule has 2 fully saturated rings. The summed E-state index contributed by atoms with van der Waals surface area (Å²) in [5, 5.41) is 2.96. The van der Waals surface area contributed by atoms with Crippen LogP contribution in [-0.2, 0) is 4.79 Å². The molecule has 86 valence electrons. The second-order valence-corrected chi connectivity index (χ2v) is 5.48. The number of carbonyl (C=O) groups excluding carboxylic acids is 1. The summed E-state index contributed by atoms with van der Waals surface area (Å²) in [6.07, 6.45) is 3.08. The Balaban J connectivity index is 1.78. The second-order valence-electron chi connectivity index (χ2n) is 4.64. The summed E-state index contributed by atoms with van der Waals surface area (Å²) >= 11 is 1.58. The zero-order valence-corrected chi connectivity index (χ0v) is 9.87. The lowest BCUT2D eigenvalue weighted by Crippen LogP contribution is -2.25. The summed E-state index contributed by atoms with van der Waals surface area (Å²) < 4.78 is 0. The summed E-state index contributed by atoms with van der Waals surface area (Å²) in [4.78, 5) is 18.1. The van der Waals surface area contributed by atoms with E-state index in [1.807, 2.05) is 0 Å². The minimum absolute atomic E-state index is 0.173. The van der Waals surface area contributed by atoms with Crippen molar-refractivity contribution in [3.05, 3.63) is 11.1 Å². The molecule has 2 N–H and O–H groups in total. The third-order valence-corrected chi connectivity index (χ3v) is 4.16. The summed E-state index contributed by atoms with van der Waals surface area (Å²) in [6.45, 7) is 1.33. The van der Waals surface area contributed by atoms with E-state index in [9.17, 15) is 4.79 Å². The molecule has 1 aliphatic carbocycles. The Morgan fingerprint density at radius 3 is 3.00 bits per heavy atom. The maximum Gasteiger partial charge on any atom is 0.229 e. The van der Waals surface area contributed by atoms with Crippen LogP contribution in [0.4, 0.5) is 5.13 Å². The summed E-state index contributed by atoms with van der Waals surface area (Å²) in [7, 11) is 0. The van der Waals surface area contributed by atoms with E-state index < -0.39 is 0 Å². The standard InChI is InChI=1S/C11H15N3OS/c12-4-7-3-10(15)14(5-7)11-13-9(6-16-11)8-1-2-8/h6-8H,1-5,12H2. The van der Waals surface area contributed by atoms with Crippen LogP contribution >= 0.6 is 11.3 Å². The van der Waals surface area contributed by atoms with Crippen LogP contribution in [0.25, 0.3) is 0 Å². The van der Waals surface area contributed by atoms with Gasteiger partial charge in [-0.3, -0.25) is 9.69 Å². The van der Waals surface area contributed by atoms with Crippen LogP contribution in [0.1, 0.15) is 30.9 Å². The van der Waals surface area contributed by atoms with E-state index in [4.69, 9.17) is 5.73 Å². The Kier molecular flexibility index (Phi) is 2.44. The van der Waals surface area contributed by atoms with Crippen molar-refractivity contribution in [2.24, 2.45) is 11.7 Å². The van der Waals surface area contributed by atoms with Gasteiger partial charge in [0.15, 0.2) is 5.13 Å². The van der Waals surface area contributed by atoms with Gasteiger partial charge in [-0.25, -0.2) is 4.98 Å². The smallest absolute Gasteiger partial charge is 0.229 e. The van der Waals surface area contributed by atoms with Crippen molar-refractivity contribution in [2.45, 2.75) is 25.2 Å². The van der Waals surface area contributed by atoms with Gasteiger partial charge in [-0.1, -0.05) is 0 Å². The first-order valence-corrected chi connectivity index (χ1v) is 6.61. The lowest BCUT2D eigenvalue weighted by Gasteiger charge is -2.11. The highest BCUT2D eigenvalue weighted by Gasteiger charge is 2.33. The third kappa shape index (κ3) is 1.74. The molecule has 1 amide bonds. The summed E-state index contributed by atoms with van der Waals surface area (Å²) in [6, 6.07) is 0. The number of amides is 1. The molecular formula is C11H15N3OS. The Labute approximate surface area is 98.5 Å². The average Bonchev–Trinajstić information content (AvgIpc) is 2.89. The number of nitrogens with zero attached hydrogens (tertiary/aromatic N) is 2. The maximum atomic E-state index is 11.8. The maximum absolute atomic E-state index is 11.8. The molecule has 1 saturated carbocycles. The molecule has 0 aromatic carbocycles. The van der Waals surface area contributed by atoms with Crippen LogP contribution in [0, 0.1) is 5.92 Å². The molecule has 1 unspecified atom stereocenters. The highest BCUT2D eigenvalue weighted by atomic mass is 32.1. The molecule has 0 spiro atoms. The van der Waals surface area contributed by atoms with Crippen LogP contribution in [0.3, 0.4) is 0 Å². The molecule has 1 aromatic heterocycles. The van der Waals surface area contributed by atoms with Gasteiger partial charge in [-0.05, 0) is 25.3 Å². The van der Waals surface area contributed by atoms with Gasteiger partial charge in [-0.15, -0.1) is 11.3 Å². The Morgan fingerprint density at radius 1 is 1.56 bits per heavy atom. The van der Waals surface area contributed by atoms with Gasteiger partial charge in [0.05, 0.1) is 5.69 Å². The SMILES string of the molecule is NCC1CC(=O)N(c2nc(C3CC3)cs2)C1. The summed E-state index contributed by atoms with van der Waals surface area (Å²) in [5.74, 6) is 1.14. The van der Waals surface area contributed by atoms with Gasteiger partial charge < -0.3 is 5.73 Å². The molecule has 1 atom stereocenters. The van der Waals surface area contributed by atoms with Crippen molar-refractivity contribution in [2.75, 3.05) is 18.0 Å². The number of hydrogen-bond donors (Lipinski definition) is 1. The monoisotopic (exact) mass is 237 g/mol. The number of anilines is 1. The third-order valence-electron chi connectivity index (χ3n) is 3.27. The molecule has 1 aliphatic heterocycles. The van der Waals surface area contributed by atoms with Crippen molar-refractivity contribution in [1.82, 2.24) is 4.98 Å². The van der Waals surface area contributed by atoms with Gasteiger partial charge in [-0.2, -0.15) is 0 Å². The lowest BCUT2D eigenvalue weighted by molar-refractivity contribution is -0.117. The highest BCUT2D eigenvalue weighted by molar-refractivity contribution is 7.14. The van der Waals surface area contributed by atoms with Gasteiger partial charge >= 0.3 is 0 Å². The van der Waals surface area contributed by atoms with E-state index in [1.165, 1.54) is 18.5 Å². The molecule has 4 nitrogen and oxygen atoms in total. The van der Waals surface area contributed by atoms with Crippen LogP contribution in [0.2, 0.25) is 0 Å². The predicted molar refractivity (Wildman–Crippen MR) is 63.6 cm³/mol. The number of nitrogens with two attached hydrogens (primary N) is 1. The quantitative estimate of drug-likeness (QED) is 0.863. The number of thiazole rings is 1. The first-order chi connectivity index (χ1) is 7.78. The van der Waals surface area contributed by atoms with Gasteiger partial charge in [0.1, 0.15) is 0 Å². The normalized spacial score (nSPS) is 25.4. The molecule has 3 rings (SSSR count). The number of hydrogen-bond acceptors (Lipinski definition) is 4. The zero-order valence-electron chi connectivity index (χ0n) is 9.06. The largest absolute Gasteiger partial charge is 0.330 e. The molecule has 2 heterocycles. The highest BCUT2D eigenvalue weighted by Crippen LogP contribution is 2.41. The zero-order chi connectivity index (χ0) is 11.1. The van der Waals surface area contributed by atoms with E-state index in [2.05, 4.69) is 10.4 Å². The van der Waals surface area contributed by atoms with Crippen LogP contribution < -0.4 is 10.6 Å². The fourth-order valence-corrected chi connectivity index (χ4v) is 3.02. The average molecular weight is 237 g/mol. The van der Waals surface area contributed by atoms with E-state index in [0.717, 1.165) is 11.7 Å². The van der Waals surface area contributed by atoms with Gasteiger partial charge in [0, 0.05) is 24.3 Å². The van der Waals surface area contributed by atoms with Crippen molar-refractivity contribution in [3.8, 4) is 0 Å². The van der Waals surface area contributed by atoms with Gasteiger partial charge in [0.2, 0.25) is 5.91 Å². The molecule has 16 heavy (non-hydrogen) atoms. The Bertz CT molecular complexity index is 413. The molecule has 2 aliphatic rings. The summed E-state index contributed by atoms with van der Waals surface area (Å²) in [5.41, 5.74) is 6.77. The van der Waals surface area contributed by atoms with Crippen LogP contribution in [0.5, 0.6) is 0 Å². The Hall–Kier alpha value is -0.940. The second kappa shape index (κ2) is 3.82. The molecule has 1 saturated heterocycles. The predicted octanol–water partition coefficient (Wildman–Crippen LogP) is 1.33. The van der Waals surface area contributed by atoms with E-state index in [0.29, 0.717) is 24.8 Å². The number of aromatic nitrogens is 1. The minimum atomic E-state index is 0.173. The first-order valence-electron chi connectivity index (χ1n) is 5.73. The molecular weight excluding hydrogens is 222 g/mol. The number of rotatable bonds is 3. The topological polar surface area (TPSA) is 59.2 Å². The van der Waals surface area contributed by atoms with E-state index in [1.54, 1.807) is 16.2 Å². The van der Waals surface area contributed by atoms with Crippen molar-refractivity contribution >= 4 is 22.4 Å². The molecule has 1 aromatic rings.